The Balaban J connectivity index is 1.45. The van der Waals surface area contributed by atoms with Crippen molar-refractivity contribution < 1.29 is 4.79 Å². The third-order valence-electron chi connectivity index (χ3n) is 4.84. The number of hydrogen-bond acceptors (Lipinski definition) is 6. The van der Waals surface area contributed by atoms with Gasteiger partial charge in [0.05, 0.1) is 0 Å². The molecule has 0 N–H and O–H groups in total. The number of hydrogen-bond donors (Lipinski definition) is 0. The Labute approximate surface area is 169 Å². The van der Waals surface area contributed by atoms with E-state index in [2.05, 4.69) is 31.5 Å². The standard InChI is InChI=1S/C21H23N7O/c1-16(2)20-24-19(17-7-4-3-5-8-17)25-28(20)15-18(29)26-11-13-27(14-12-26)21-22-9-6-10-23-21/h3-10H,1,11-15H2,2H3. The highest BCUT2D eigenvalue weighted by Crippen LogP contribution is 2.19. The van der Waals surface area contributed by atoms with Crippen LogP contribution in [0, 0.1) is 0 Å². The van der Waals surface area contributed by atoms with E-state index in [1.165, 1.54) is 0 Å². The van der Waals surface area contributed by atoms with E-state index in [1.54, 1.807) is 23.1 Å². The van der Waals surface area contributed by atoms with Gasteiger partial charge in [-0.15, -0.1) is 5.10 Å². The highest BCUT2D eigenvalue weighted by atomic mass is 16.2. The molecule has 3 heterocycles. The van der Waals surface area contributed by atoms with Crippen molar-refractivity contribution in [1.82, 2.24) is 29.6 Å². The van der Waals surface area contributed by atoms with Crippen LogP contribution < -0.4 is 4.90 Å². The number of carbonyl (C=O) groups is 1. The largest absolute Gasteiger partial charge is 0.338 e. The molecule has 1 aliphatic heterocycles. The van der Waals surface area contributed by atoms with Gasteiger partial charge in [0.2, 0.25) is 11.9 Å². The fourth-order valence-electron chi connectivity index (χ4n) is 3.32. The van der Waals surface area contributed by atoms with Crippen LogP contribution in [0.2, 0.25) is 0 Å². The fourth-order valence-corrected chi connectivity index (χ4v) is 3.32. The predicted molar refractivity (Wildman–Crippen MR) is 111 cm³/mol. The Bertz CT molecular complexity index is 992. The van der Waals surface area contributed by atoms with Gasteiger partial charge in [-0.1, -0.05) is 36.9 Å². The summed E-state index contributed by atoms with van der Waals surface area (Å²) in [5.41, 5.74) is 1.69. The Kier molecular flexibility index (Phi) is 5.33. The summed E-state index contributed by atoms with van der Waals surface area (Å²) in [4.78, 5) is 30.0. The van der Waals surface area contributed by atoms with Gasteiger partial charge >= 0.3 is 0 Å². The maximum absolute atomic E-state index is 12.9. The molecule has 1 aromatic carbocycles. The van der Waals surface area contributed by atoms with E-state index in [9.17, 15) is 4.79 Å². The Morgan fingerprint density at radius 3 is 2.38 bits per heavy atom. The number of amides is 1. The van der Waals surface area contributed by atoms with Gasteiger partial charge in [-0.05, 0) is 18.6 Å². The summed E-state index contributed by atoms with van der Waals surface area (Å²) in [5, 5.41) is 4.57. The van der Waals surface area contributed by atoms with E-state index in [0.717, 1.165) is 11.1 Å². The van der Waals surface area contributed by atoms with Crippen LogP contribution >= 0.6 is 0 Å². The average molecular weight is 389 g/mol. The van der Waals surface area contributed by atoms with E-state index < -0.39 is 0 Å². The zero-order valence-electron chi connectivity index (χ0n) is 16.4. The van der Waals surface area contributed by atoms with Crippen LogP contribution in [0.4, 0.5) is 5.95 Å². The van der Waals surface area contributed by atoms with Crippen LogP contribution in [-0.2, 0) is 11.3 Å². The molecule has 1 saturated heterocycles. The van der Waals surface area contributed by atoms with Crippen LogP contribution in [0.15, 0.2) is 55.4 Å². The second-order valence-electron chi connectivity index (χ2n) is 6.98. The molecule has 0 spiro atoms. The fraction of sp³-hybridized carbons (Fsp3) is 0.286. The van der Waals surface area contributed by atoms with Gasteiger partial charge in [-0.3, -0.25) is 4.79 Å². The van der Waals surface area contributed by atoms with E-state index in [1.807, 2.05) is 42.2 Å². The Hall–Kier alpha value is -3.55. The molecule has 148 valence electrons. The van der Waals surface area contributed by atoms with Gasteiger partial charge in [-0.25, -0.2) is 19.6 Å². The van der Waals surface area contributed by atoms with Crippen molar-refractivity contribution in [3.63, 3.8) is 0 Å². The summed E-state index contributed by atoms with van der Waals surface area (Å²) in [6.07, 6.45) is 3.46. The molecule has 0 atom stereocenters. The zero-order chi connectivity index (χ0) is 20.2. The molecule has 1 fully saturated rings. The SMILES string of the molecule is C=C(C)c1nc(-c2ccccc2)nn1CC(=O)N1CCN(c2ncccn2)CC1. The third-order valence-corrected chi connectivity index (χ3v) is 4.84. The van der Waals surface area contributed by atoms with Crippen LogP contribution in [0.3, 0.4) is 0 Å². The van der Waals surface area contributed by atoms with Gasteiger partial charge in [0.15, 0.2) is 11.6 Å². The molecular formula is C21H23N7O. The highest BCUT2D eigenvalue weighted by molar-refractivity contribution is 5.77. The second-order valence-corrected chi connectivity index (χ2v) is 6.98. The number of rotatable bonds is 5. The molecule has 3 aromatic rings. The minimum atomic E-state index is 0.0191. The molecule has 0 unspecified atom stereocenters. The lowest BCUT2D eigenvalue weighted by molar-refractivity contribution is -0.132. The molecule has 29 heavy (non-hydrogen) atoms. The first-order valence-electron chi connectivity index (χ1n) is 9.57. The molecule has 0 radical (unpaired) electrons. The summed E-state index contributed by atoms with van der Waals surface area (Å²) in [6.45, 7) is 8.66. The number of aromatic nitrogens is 5. The quantitative estimate of drug-likeness (QED) is 0.665. The maximum Gasteiger partial charge on any atom is 0.244 e. The van der Waals surface area contributed by atoms with Crippen LogP contribution in [-0.4, -0.2) is 61.7 Å². The predicted octanol–water partition coefficient (Wildman–Crippen LogP) is 2.12. The number of anilines is 1. The Morgan fingerprint density at radius 1 is 1.03 bits per heavy atom. The van der Waals surface area contributed by atoms with Crippen molar-refractivity contribution in [1.29, 1.82) is 0 Å². The molecule has 8 heteroatoms. The number of nitrogens with zero attached hydrogens (tertiary/aromatic N) is 7. The second kappa shape index (κ2) is 8.22. The average Bonchev–Trinajstić information content (AvgIpc) is 3.19. The smallest absolute Gasteiger partial charge is 0.244 e. The van der Waals surface area contributed by atoms with Crippen molar-refractivity contribution in [3.05, 3.63) is 61.2 Å². The van der Waals surface area contributed by atoms with E-state index >= 15 is 0 Å². The minimum absolute atomic E-state index is 0.0191. The molecule has 4 rings (SSSR count). The van der Waals surface area contributed by atoms with Gasteiger partial charge in [0.1, 0.15) is 6.54 Å². The lowest BCUT2D eigenvalue weighted by atomic mass is 10.2. The minimum Gasteiger partial charge on any atom is -0.338 e. The molecule has 1 amide bonds. The number of carbonyl (C=O) groups excluding carboxylic acids is 1. The lowest BCUT2D eigenvalue weighted by Gasteiger charge is -2.34. The summed E-state index contributed by atoms with van der Waals surface area (Å²) in [5.74, 6) is 1.95. The summed E-state index contributed by atoms with van der Waals surface area (Å²) in [7, 11) is 0. The summed E-state index contributed by atoms with van der Waals surface area (Å²) in [6, 6.07) is 11.5. The Morgan fingerprint density at radius 2 is 1.72 bits per heavy atom. The van der Waals surface area contributed by atoms with Crippen molar-refractivity contribution in [3.8, 4) is 11.4 Å². The van der Waals surface area contributed by atoms with E-state index in [4.69, 9.17) is 0 Å². The van der Waals surface area contributed by atoms with Gasteiger partial charge in [0.25, 0.3) is 0 Å². The molecule has 0 aliphatic carbocycles. The topological polar surface area (TPSA) is 80.0 Å². The first-order chi connectivity index (χ1) is 14.1. The van der Waals surface area contributed by atoms with Crippen molar-refractivity contribution in [2.75, 3.05) is 31.1 Å². The molecule has 0 bridgehead atoms. The normalized spacial score (nSPS) is 14.1. The first-order valence-corrected chi connectivity index (χ1v) is 9.57. The first kappa shape index (κ1) is 18.8. The van der Waals surface area contributed by atoms with Crippen LogP contribution in [0.1, 0.15) is 12.7 Å². The zero-order valence-corrected chi connectivity index (χ0v) is 16.4. The molecule has 8 nitrogen and oxygen atoms in total. The molecule has 0 saturated carbocycles. The van der Waals surface area contributed by atoms with Gasteiger partial charge in [0, 0.05) is 44.1 Å². The molecular weight excluding hydrogens is 366 g/mol. The maximum atomic E-state index is 12.9. The molecule has 2 aromatic heterocycles. The number of allylic oxidation sites excluding steroid dienone is 1. The van der Waals surface area contributed by atoms with Crippen LogP contribution in [0.5, 0.6) is 0 Å². The third kappa shape index (κ3) is 4.16. The number of piperazine rings is 1. The highest BCUT2D eigenvalue weighted by Gasteiger charge is 2.24. The van der Waals surface area contributed by atoms with Crippen molar-refractivity contribution in [2.45, 2.75) is 13.5 Å². The van der Waals surface area contributed by atoms with Crippen molar-refractivity contribution in [2.24, 2.45) is 0 Å². The van der Waals surface area contributed by atoms with Crippen molar-refractivity contribution >= 4 is 17.4 Å². The van der Waals surface area contributed by atoms with Gasteiger partial charge < -0.3 is 9.80 Å². The summed E-state index contributed by atoms with van der Waals surface area (Å²) < 4.78 is 1.65. The van der Waals surface area contributed by atoms with E-state index in [-0.39, 0.29) is 12.5 Å². The lowest BCUT2D eigenvalue weighted by Crippen LogP contribution is -2.50. The molecule has 1 aliphatic rings. The van der Waals surface area contributed by atoms with Gasteiger partial charge in [-0.2, -0.15) is 0 Å². The monoisotopic (exact) mass is 389 g/mol. The van der Waals surface area contributed by atoms with Crippen LogP contribution in [0.25, 0.3) is 17.0 Å². The number of benzene rings is 1. The summed E-state index contributed by atoms with van der Waals surface area (Å²) >= 11 is 0. The van der Waals surface area contributed by atoms with E-state index in [0.29, 0.717) is 43.8 Å².